The Hall–Kier alpha value is -1.91. The summed E-state index contributed by atoms with van der Waals surface area (Å²) in [5.41, 5.74) is 2.01. The number of amides is 1. The van der Waals surface area contributed by atoms with Crippen molar-refractivity contribution in [1.29, 1.82) is 0 Å². The second kappa shape index (κ2) is 5.17. The van der Waals surface area contributed by atoms with Crippen LogP contribution < -0.4 is 5.46 Å². The summed E-state index contributed by atoms with van der Waals surface area (Å²) in [6.45, 7) is 0.376. The monoisotopic (exact) mass is 241 g/mol. The van der Waals surface area contributed by atoms with Gasteiger partial charge in [0.1, 0.15) is 20.4 Å². The van der Waals surface area contributed by atoms with E-state index >= 15 is 0 Å². The van der Waals surface area contributed by atoms with Gasteiger partial charge in [0.2, 0.25) is 0 Å². The first-order chi connectivity index (χ1) is 8.67. The molecule has 0 aliphatic carbocycles. The SMILES string of the molecule is [B]c1ccc2c(c1)CN(C(C=O)CCC=O)C2=O. The van der Waals surface area contributed by atoms with Crippen LogP contribution >= 0.6 is 0 Å². The van der Waals surface area contributed by atoms with Crippen molar-refractivity contribution in [2.45, 2.75) is 25.4 Å². The van der Waals surface area contributed by atoms with E-state index in [0.717, 1.165) is 18.1 Å². The Kier molecular flexibility index (Phi) is 3.60. The zero-order chi connectivity index (χ0) is 13.1. The van der Waals surface area contributed by atoms with Gasteiger partial charge >= 0.3 is 0 Å². The Morgan fingerprint density at radius 2 is 2.17 bits per heavy atom. The van der Waals surface area contributed by atoms with E-state index < -0.39 is 6.04 Å². The normalized spacial score (nSPS) is 15.3. The van der Waals surface area contributed by atoms with Gasteiger partial charge in [-0.3, -0.25) is 4.79 Å². The molecule has 2 rings (SSSR count). The maximum Gasteiger partial charge on any atom is 0.255 e. The minimum Gasteiger partial charge on any atom is -0.325 e. The molecule has 0 saturated heterocycles. The first kappa shape index (κ1) is 12.5. The molecular weight excluding hydrogens is 229 g/mol. The topological polar surface area (TPSA) is 54.5 Å². The van der Waals surface area contributed by atoms with E-state index in [1.165, 1.54) is 4.90 Å². The third-order valence-electron chi connectivity index (χ3n) is 3.10. The molecule has 1 heterocycles. The van der Waals surface area contributed by atoms with Crippen molar-refractivity contribution >= 4 is 31.8 Å². The van der Waals surface area contributed by atoms with E-state index in [1.54, 1.807) is 18.2 Å². The molecule has 0 saturated carbocycles. The Morgan fingerprint density at radius 3 is 2.83 bits per heavy atom. The highest BCUT2D eigenvalue weighted by Crippen LogP contribution is 2.24. The molecule has 0 spiro atoms. The lowest BCUT2D eigenvalue weighted by Gasteiger charge is -2.22. The van der Waals surface area contributed by atoms with Gasteiger partial charge in [-0.25, -0.2) is 0 Å². The van der Waals surface area contributed by atoms with Gasteiger partial charge in [-0.05, 0) is 18.1 Å². The fourth-order valence-electron chi connectivity index (χ4n) is 2.17. The summed E-state index contributed by atoms with van der Waals surface area (Å²) >= 11 is 0. The van der Waals surface area contributed by atoms with Gasteiger partial charge in [0.05, 0.1) is 6.04 Å². The van der Waals surface area contributed by atoms with Crippen LogP contribution in [0.2, 0.25) is 0 Å². The van der Waals surface area contributed by atoms with Gasteiger partial charge in [0, 0.05) is 18.5 Å². The largest absolute Gasteiger partial charge is 0.325 e. The third-order valence-corrected chi connectivity index (χ3v) is 3.10. The highest BCUT2D eigenvalue weighted by Gasteiger charge is 2.32. The predicted molar refractivity (Wildman–Crippen MR) is 66.9 cm³/mol. The molecule has 0 N–H and O–H groups in total. The molecule has 0 fully saturated rings. The summed E-state index contributed by atoms with van der Waals surface area (Å²) in [5, 5.41) is 0. The van der Waals surface area contributed by atoms with Crippen LogP contribution in [0.1, 0.15) is 28.8 Å². The molecule has 5 heteroatoms. The minimum atomic E-state index is -0.545. The van der Waals surface area contributed by atoms with Crippen LogP contribution in [-0.4, -0.2) is 37.3 Å². The summed E-state index contributed by atoms with van der Waals surface area (Å²) in [7, 11) is 5.66. The van der Waals surface area contributed by atoms with E-state index in [4.69, 9.17) is 7.85 Å². The van der Waals surface area contributed by atoms with Gasteiger partial charge in [0.15, 0.2) is 0 Å². The fraction of sp³-hybridized carbons (Fsp3) is 0.308. The molecule has 1 aromatic carbocycles. The Morgan fingerprint density at radius 1 is 1.39 bits per heavy atom. The highest BCUT2D eigenvalue weighted by molar-refractivity contribution is 6.32. The van der Waals surface area contributed by atoms with Crippen molar-refractivity contribution in [3.05, 3.63) is 29.3 Å². The number of hydrogen-bond donors (Lipinski definition) is 0. The Bertz CT molecular complexity index is 501. The molecule has 1 aliphatic heterocycles. The van der Waals surface area contributed by atoms with Gasteiger partial charge < -0.3 is 14.5 Å². The van der Waals surface area contributed by atoms with E-state index in [1.807, 2.05) is 0 Å². The predicted octanol–water partition coefficient (Wildman–Crippen LogP) is -0.0172. The van der Waals surface area contributed by atoms with Crippen LogP contribution in [0.4, 0.5) is 0 Å². The summed E-state index contributed by atoms with van der Waals surface area (Å²) in [5.74, 6) is -0.173. The van der Waals surface area contributed by atoms with E-state index in [2.05, 4.69) is 0 Å². The molecule has 1 amide bonds. The van der Waals surface area contributed by atoms with Crippen molar-refractivity contribution in [3.8, 4) is 0 Å². The van der Waals surface area contributed by atoms with Gasteiger partial charge in [-0.15, -0.1) is 0 Å². The molecule has 4 nitrogen and oxygen atoms in total. The van der Waals surface area contributed by atoms with Crippen LogP contribution in [0.15, 0.2) is 18.2 Å². The Labute approximate surface area is 106 Å². The van der Waals surface area contributed by atoms with E-state index in [0.29, 0.717) is 24.0 Å². The molecule has 1 aliphatic rings. The average Bonchev–Trinajstić information content (AvgIpc) is 2.67. The molecule has 1 unspecified atom stereocenters. The number of benzene rings is 1. The lowest BCUT2D eigenvalue weighted by molar-refractivity contribution is -0.112. The van der Waals surface area contributed by atoms with Crippen LogP contribution in [-0.2, 0) is 16.1 Å². The van der Waals surface area contributed by atoms with Crippen LogP contribution in [0.5, 0.6) is 0 Å². The molecule has 0 aromatic heterocycles. The van der Waals surface area contributed by atoms with Crippen molar-refractivity contribution in [2.24, 2.45) is 0 Å². The quantitative estimate of drug-likeness (QED) is 0.537. The van der Waals surface area contributed by atoms with Crippen molar-refractivity contribution < 1.29 is 14.4 Å². The third kappa shape index (κ3) is 2.21. The second-order valence-corrected chi connectivity index (χ2v) is 4.30. The van der Waals surface area contributed by atoms with Crippen molar-refractivity contribution in [3.63, 3.8) is 0 Å². The summed E-state index contributed by atoms with van der Waals surface area (Å²) < 4.78 is 0. The van der Waals surface area contributed by atoms with Crippen LogP contribution in [0.25, 0.3) is 0 Å². The van der Waals surface area contributed by atoms with Gasteiger partial charge in [-0.2, -0.15) is 0 Å². The van der Waals surface area contributed by atoms with Crippen LogP contribution in [0, 0.1) is 0 Å². The molecule has 1 atom stereocenters. The number of carbonyl (C=O) groups is 3. The maximum absolute atomic E-state index is 12.1. The van der Waals surface area contributed by atoms with E-state index in [-0.39, 0.29) is 12.3 Å². The minimum absolute atomic E-state index is 0.173. The zero-order valence-electron chi connectivity index (χ0n) is 9.83. The summed E-state index contributed by atoms with van der Waals surface area (Å²) in [4.78, 5) is 35.0. The second-order valence-electron chi connectivity index (χ2n) is 4.30. The molecule has 1 aromatic rings. The van der Waals surface area contributed by atoms with Crippen molar-refractivity contribution in [2.75, 3.05) is 0 Å². The number of fused-ring (bicyclic) bond motifs is 1. The van der Waals surface area contributed by atoms with Gasteiger partial charge in [0.25, 0.3) is 5.91 Å². The highest BCUT2D eigenvalue weighted by atomic mass is 16.2. The smallest absolute Gasteiger partial charge is 0.255 e. The molecule has 0 bridgehead atoms. The number of carbonyl (C=O) groups excluding carboxylic acids is 3. The average molecular weight is 241 g/mol. The number of hydrogen-bond acceptors (Lipinski definition) is 3. The van der Waals surface area contributed by atoms with Crippen molar-refractivity contribution in [1.82, 2.24) is 4.90 Å². The Balaban J connectivity index is 2.21. The molecule has 2 radical (unpaired) electrons. The number of aldehydes is 2. The van der Waals surface area contributed by atoms with E-state index in [9.17, 15) is 14.4 Å². The van der Waals surface area contributed by atoms with Crippen LogP contribution in [0.3, 0.4) is 0 Å². The number of rotatable bonds is 5. The number of nitrogens with zero attached hydrogens (tertiary/aromatic N) is 1. The summed E-state index contributed by atoms with van der Waals surface area (Å²) in [6.07, 6.45) is 2.10. The summed E-state index contributed by atoms with van der Waals surface area (Å²) in [6, 6.07) is 4.54. The fourth-order valence-corrected chi connectivity index (χ4v) is 2.17. The first-order valence-corrected chi connectivity index (χ1v) is 5.75. The van der Waals surface area contributed by atoms with Gasteiger partial charge in [-0.1, -0.05) is 17.6 Å². The standard InChI is InChI=1S/C13H12BNO3/c14-10-3-4-12-9(6-10)7-15(13(12)18)11(8-17)2-1-5-16/h3-6,8,11H,1-2,7H2. The lowest BCUT2D eigenvalue weighted by atomic mass is 9.93. The zero-order valence-corrected chi connectivity index (χ0v) is 9.83. The molecule has 90 valence electrons. The first-order valence-electron chi connectivity index (χ1n) is 5.75. The maximum atomic E-state index is 12.1. The molecular formula is C13H12BNO3. The molecule has 18 heavy (non-hydrogen) atoms. The lowest BCUT2D eigenvalue weighted by Crippen LogP contribution is -2.36.